The minimum absolute atomic E-state index is 0.0640. The number of aliphatic hydroxyl groups is 1. The molecule has 1 heterocycles. The Morgan fingerprint density at radius 2 is 1.19 bits per heavy atom. The first-order chi connectivity index (χ1) is 22.9. The van der Waals surface area contributed by atoms with Gasteiger partial charge in [0.25, 0.3) is 0 Å². The molecule has 2 unspecified atom stereocenters. The monoisotopic (exact) mass is 664 g/mol. The van der Waals surface area contributed by atoms with Crippen LogP contribution in [0.25, 0.3) is 0 Å². The average molecular weight is 664 g/mol. The maximum atomic E-state index is 12.7. The number of carboxylic acids is 1. The van der Waals surface area contributed by atoms with Crippen LogP contribution in [0.15, 0.2) is 24.3 Å². The maximum absolute atomic E-state index is 12.7. The number of rotatable bonds is 34. The third-order valence-electron chi connectivity index (χ3n) is 9.15. The summed E-state index contributed by atoms with van der Waals surface area (Å²) in [6.07, 6.45) is 37.8. The van der Waals surface area contributed by atoms with Crippen LogP contribution in [-0.4, -0.2) is 53.2 Å². The van der Waals surface area contributed by atoms with Crippen LogP contribution in [0.2, 0.25) is 0 Å². The molecule has 1 fully saturated rings. The summed E-state index contributed by atoms with van der Waals surface area (Å²) in [7, 11) is 0. The van der Waals surface area contributed by atoms with E-state index in [2.05, 4.69) is 30.5 Å². The summed E-state index contributed by atoms with van der Waals surface area (Å²) in [4.78, 5) is 23.2. The predicted octanol–water partition coefficient (Wildman–Crippen LogP) is 10.3. The first-order valence-electron chi connectivity index (χ1n) is 19.7. The lowest BCUT2D eigenvalue weighted by atomic mass is 10.0. The molecule has 7 heteroatoms. The lowest BCUT2D eigenvalue weighted by Crippen LogP contribution is -2.48. The molecule has 1 aliphatic heterocycles. The smallest absolute Gasteiger partial charge is 0.303 e. The van der Waals surface area contributed by atoms with Crippen LogP contribution in [0.1, 0.15) is 187 Å². The van der Waals surface area contributed by atoms with Crippen LogP contribution >= 0.6 is 0 Å². The van der Waals surface area contributed by atoms with Gasteiger partial charge >= 0.3 is 5.97 Å². The molecular formula is C40H73NO6. The number of carboxylic acid groups (broad SMARTS) is 1. The summed E-state index contributed by atoms with van der Waals surface area (Å²) in [5, 5.41) is 22.5. The lowest BCUT2D eigenvalue weighted by Gasteiger charge is -2.34. The second-order valence-corrected chi connectivity index (χ2v) is 13.8. The van der Waals surface area contributed by atoms with Crippen molar-refractivity contribution in [1.29, 1.82) is 0 Å². The lowest BCUT2D eigenvalue weighted by molar-refractivity contribution is -0.254. The highest BCUT2D eigenvalue weighted by Crippen LogP contribution is 2.21. The summed E-state index contributed by atoms with van der Waals surface area (Å²) >= 11 is 0. The first-order valence-corrected chi connectivity index (χ1v) is 19.7. The third-order valence-corrected chi connectivity index (χ3v) is 9.15. The SMILES string of the molecule is CCCCCCCCCCCCC/C=C/[C@@H](O)C(CO[C@H]1CC(C)O1)NC(=O)CC/C=C/CCCCCCCCCCCCC(=O)O. The Kier molecular flexibility index (Phi) is 29.1. The topological polar surface area (TPSA) is 105 Å². The Morgan fingerprint density at radius 3 is 1.70 bits per heavy atom. The number of carbonyl (C=O) groups excluding carboxylic acids is 1. The molecule has 274 valence electrons. The zero-order valence-corrected chi connectivity index (χ0v) is 30.4. The zero-order valence-electron chi connectivity index (χ0n) is 30.4. The quantitative estimate of drug-likeness (QED) is 0.0467. The molecular weight excluding hydrogens is 590 g/mol. The molecule has 0 aromatic carbocycles. The van der Waals surface area contributed by atoms with E-state index >= 15 is 0 Å². The summed E-state index contributed by atoms with van der Waals surface area (Å²) in [5.41, 5.74) is 0. The molecule has 47 heavy (non-hydrogen) atoms. The first kappa shape index (κ1) is 43.3. The minimum atomic E-state index is -0.788. The van der Waals surface area contributed by atoms with Crippen molar-refractivity contribution in [2.45, 2.75) is 212 Å². The number of aliphatic carboxylic acids is 1. The molecule has 0 saturated carbocycles. The van der Waals surface area contributed by atoms with Crippen LogP contribution in [0.5, 0.6) is 0 Å². The fourth-order valence-corrected chi connectivity index (χ4v) is 6.04. The largest absolute Gasteiger partial charge is 0.481 e. The Hall–Kier alpha value is -1.70. The van der Waals surface area contributed by atoms with Gasteiger partial charge < -0.3 is 25.0 Å². The fraction of sp³-hybridized carbons (Fsp3) is 0.850. The van der Waals surface area contributed by atoms with E-state index in [1.165, 1.54) is 109 Å². The zero-order chi connectivity index (χ0) is 34.2. The van der Waals surface area contributed by atoms with Gasteiger partial charge in [-0.3, -0.25) is 9.59 Å². The number of amides is 1. The summed E-state index contributed by atoms with van der Waals surface area (Å²) in [6.45, 7) is 4.51. The average Bonchev–Trinajstić information content (AvgIpc) is 3.03. The molecule has 1 rings (SSSR count). The van der Waals surface area contributed by atoms with E-state index in [4.69, 9.17) is 14.6 Å². The third kappa shape index (κ3) is 27.9. The molecule has 4 atom stereocenters. The van der Waals surface area contributed by atoms with Crippen molar-refractivity contribution >= 4 is 11.9 Å². The van der Waals surface area contributed by atoms with Crippen molar-refractivity contribution in [1.82, 2.24) is 5.32 Å². The number of carbonyl (C=O) groups is 2. The van der Waals surface area contributed by atoms with Gasteiger partial charge in [-0.25, -0.2) is 0 Å². The van der Waals surface area contributed by atoms with E-state index in [9.17, 15) is 14.7 Å². The second-order valence-electron chi connectivity index (χ2n) is 13.8. The number of hydrogen-bond acceptors (Lipinski definition) is 5. The molecule has 1 aliphatic rings. The molecule has 0 aromatic heterocycles. The van der Waals surface area contributed by atoms with Gasteiger partial charge in [-0.15, -0.1) is 0 Å². The predicted molar refractivity (Wildman–Crippen MR) is 194 cm³/mol. The van der Waals surface area contributed by atoms with Crippen molar-refractivity contribution in [2.24, 2.45) is 0 Å². The van der Waals surface area contributed by atoms with E-state index in [0.29, 0.717) is 19.3 Å². The van der Waals surface area contributed by atoms with E-state index in [-0.39, 0.29) is 24.9 Å². The van der Waals surface area contributed by atoms with Gasteiger partial charge in [0.15, 0.2) is 6.29 Å². The standard InChI is InChI=1S/C40H73NO6/c1-3-4-5-6-7-8-9-12-15-18-21-24-27-30-37(42)36(34-46-40-33-35(2)47-40)41-38(43)31-28-25-22-19-16-13-10-11-14-17-20-23-26-29-32-39(44)45/h22,25,27,30,35-37,40,42H,3-21,23-24,26,28-29,31-34H2,1-2H3,(H,41,43)(H,44,45)/b25-22+,30-27+/t35?,36?,37-,40-/m1/s1. The minimum Gasteiger partial charge on any atom is -0.481 e. The Bertz CT molecular complexity index is 794. The molecule has 0 aliphatic carbocycles. The highest BCUT2D eigenvalue weighted by atomic mass is 16.7. The molecule has 0 bridgehead atoms. The van der Waals surface area contributed by atoms with Crippen molar-refractivity contribution in [3.63, 3.8) is 0 Å². The molecule has 0 aromatic rings. The van der Waals surface area contributed by atoms with E-state index < -0.39 is 18.1 Å². The van der Waals surface area contributed by atoms with Crippen LogP contribution < -0.4 is 5.32 Å². The normalized spacial score (nSPS) is 17.7. The number of hydrogen-bond donors (Lipinski definition) is 3. The van der Waals surface area contributed by atoms with Crippen LogP contribution in [0.4, 0.5) is 0 Å². The highest BCUT2D eigenvalue weighted by molar-refractivity contribution is 5.76. The summed E-state index contributed by atoms with van der Waals surface area (Å²) in [6, 6.07) is -0.489. The number of ether oxygens (including phenoxy) is 2. The number of allylic oxidation sites excluding steroid dienone is 3. The Morgan fingerprint density at radius 1 is 0.723 bits per heavy atom. The van der Waals surface area contributed by atoms with Gasteiger partial charge in [0.1, 0.15) is 0 Å². The van der Waals surface area contributed by atoms with Crippen molar-refractivity contribution in [2.75, 3.05) is 6.61 Å². The maximum Gasteiger partial charge on any atom is 0.303 e. The Labute approximate surface area is 288 Å². The molecule has 0 radical (unpaired) electrons. The summed E-state index contributed by atoms with van der Waals surface area (Å²) in [5.74, 6) is -0.750. The van der Waals surface area contributed by atoms with Gasteiger partial charge in [-0.1, -0.05) is 147 Å². The van der Waals surface area contributed by atoms with Crippen LogP contribution in [-0.2, 0) is 19.1 Å². The van der Waals surface area contributed by atoms with Gasteiger partial charge in [0.2, 0.25) is 5.91 Å². The molecule has 3 N–H and O–H groups in total. The van der Waals surface area contributed by atoms with Gasteiger partial charge in [0.05, 0.1) is 24.9 Å². The number of aliphatic hydroxyl groups excluding tert-OH is 1. The van der Waals surface area contributed by atoms with E-state index in [0.717, 1.165) is 44.9 Å². The van der Waals surface area contributed by atoms with Crippen molar-refractivity contribution in [3.8, 4) is 0 Å². The van der Waals surface area contributed by atoms with Crippen LogP contribution in [0, 0.1) is 0 Å². The van der Waals surface area contributed by atoms with Gasteiger partial charge in [-0.2, -0.15) is 0 Å². The van der Waals surface area contributed by atoms with E-state index in [1.807, 2.05) is 13.0 Å². The number of unbranched alkanes of at least 4 members (excludes halogenated alkanes) is 21. The summed E-state index contributed by atoms with van der Waals surface area (Å²) < 4.78 is 11.4. The molecule has 1 amide bonds. The van der Waals surface area contributed by atoms with Gasteiger partial charge in [-0.05, 0) is 45.4 Å². The van der Waals surface area contributed by atoms with Gasteiger partial charge in [0, 0.05) is 19.3 Å². The second kappa shape index (κ2) is 31.6. The Balaban J connectivity index is 2.15. The van der Waals surface area contributed by atoms with Crippen molar-refractivity contribution < 1.29 is 29.3 Å². The molecule has 7 nitrogen and oxygen atoms in total. The van der Waals surface area contributed by atoms with Crippen LogP contribution in [0.3, 0.4) is 0 Å². The van der Waals surface area contributed by atoms with E-state index in [1.54, 1.807) is 0 Å². The number of nitrogens with one attached hydrogen (secondary N) is 1. The molecule has 1 saturated heterocycles. The molecule has 0 spiro atoms. The highest BCUT2D eigenvalue weighted by Gasteiger charge is 2.29. The fourth-order valence-electron chi connectivity index (χ4n) is 6.04. The van der Waals surface area contributed by atoms with Crippen molar-refractivity contribution in [3.05, 3.63) is 24.3 Å².